The zero-order valence-electron chi connectivity index (χ0n) is 15.1. The number of nitrogens with zero attached hydrogens (tertiary/aromatic N) is 2. The van der Waals surface area contributed by atoms with Crippen LogP contribution in [0, 0.1) is 6.92 Å². The van der Waals surface area contributed by atoms with Gasteiger partial charge in [0.2, 0.25) is 5.91 Å². The molecule has 0 radical (unpaired) electrons. The molecule has 0 saturated carbocycles. The molecule has 0 spiro atoms. The molecule has 0 unspecified atom stereocenters. The lowest BCUT2D eigenvalue weighted by Gasteiger charge is -2.35. The van der Waals surface area contributed by atoms with E-state index in [1.54, 1.807) is 7.11 Å². The Kier molecular flexibility index (Phi) is 5.71. The van der Waals surface area contributed by atoms with Crippen LogP contribution in [0.2, 0.25) is 0 Å². The summed E-state index contributed by atoms with van der Waals surface area (Å²) in [6.45, 7) is 6.45. The van der Waals surface area contributed by atoms with Crippen molar-refractivity contribution in [3.05, 3.63) is 65.2 Å². The van der Waals surface area contributed by atoms with Gasteiger partial charge in [0, 0.05) is 32.7 Å². The van der Waals surface area contributed by atoms with Gasteiger partial charge in [0.15, 0.2) is 0 Å². The number of aryl methyl sites for hydroxylation is 1. The van der Waals surface area contributed by atoms with E-state index in [9.17, 15) is 4.79 Å². The lowest BCUT2D eigenvalue weighted by molar-refractivity contribution is -0.132. The first kappa shape index (κ1) is 17.5. The molecule has 1 heterocycles. The van der Waals surface area contributed by atoms with E-state index in [1.807, 2.05) is 41.3 Å². The molecule has 2 aromatic rings. The van der Waals surface area contributed by atoms with Crippen molar-refractivity contribution in [2.24, 2.45) is 0 Å². The average Bonchev–Trinajstić information content (AvgIpc) is 2.63. The van der Waals surface area contributed by atoms with Gasteiger partial charge in [0.05, 0.1) is 13.5 Å². The van der Waals surface area contributed by atoms with E-state index in [0.717, 1.165) is 49.6 Å². The van der Waals surface area contributed by atoms with Gasteiger partial charge in [-0.2, -0.15) is 0 Å². The molecule has 3 rings (SSSR count). The molecule has 0 N–H and O–H groups in total. The Balaban J connectivity index is 1.50. The zero-order valence-corrected chi connectivity index (χ0v) is 15.1. The van der Waals surface area contributed by atoms with Crippen molar-refractivity contribution in [2.45, 2.75) is 19.9 Å². The minimum atomic E-state index is 0.228. The third-order valence-corrected chi connectivity index (χ3v) is 4.79. The maximum absolute atomic E-state index is 12.4. The lowest BCUT2D eigenvalue weighted by Crippen LogP contribution is -2.48. The topological polar surface area (TPSA) is 32.8 Å². The summed E-state index contributed by atoms with van der Waals surface area (Å²) in [5.41, 5.74) is 3.54. The molecule has 2 aromatic carbocycles. The Morgan fingerprint density at radius 1 is 1.00 bits per heavy atom. The summed E-state index contributed by atoms with van der Waals surface area (Å²) >= 11 is 0. The summed E-state index contributed by atoms with van der Waals surface area (Å²) < 4.78 is 5.32. The van der Waals surface area contributed by atoms with Crippen LogP contribution in [0.25, 0.3) is 0 Å². The van der Waals surface area contributed by atoms with Gasteiger partial charge in [-0.1, -0.05) is 42.5 Å². The van der Waals surface area contributed by atoms with Crippen molar-refractivity contribution in [1.29, 1.82) is 0 Å². The number of hydrogen-bond donors (Lipinski definition) is 0. The number of carbonyl (C=O) groups is 1. The van der Waals surface area contributed by atoms with Crippen molar-refractivity contribution in [2.75, 3.05) is 33.3 Å². The molecule has 1 fully saturated rings. The fourth-order valence-electron chi connectivity index (χ4n) is 3.33. The molecule has 132 valence electrons. The highest BCUT2D eigenvalue weighted by molar-refractivity contribution is 5.78. The van der Waals surface area contributed by atoms with Gasteiger partial charge < -0.3 is 9.64 Å². The highest BCUT2D eigenvalue weighted by atomic mass is 16.5. The Hall–Kier alpha value is -2.33. The van der Waals surface area contributed by atoms with Crippen molar-refractivity contribution < 1.29 is 9.53 Å². The first-order valence-corrected chi connectivity index (χ1v) is 8.83. The number of hydrogen-bond acceptors (Lipinski definition) is 3. The minimum Gasteiger partial charge on any atom is -0.496 e. The van der Waals surface area contributed by atoms with E-state index in [1.165, 1.54) is 5.56 Å². The van der Waals surface area contributed by atoms with Crippen molar-refractivity contribution in [3.8, 4) is 5.75 Å². The first-order valence-electron chi connectivity index (χ1n) is 8.83. The number of rotatable bonds is 5. The SMILES string of the molecule is COc1ccc(CN2CCN(C(=O)Cc3ccccc3)CC2)cc1C. The Morgan fingerprint density at radius 2 is 1.72 bits per heavy atom. The van der Waals surface area contributed by atoms with Crippen LogP contribution in [-0.4, -0.2) is 49.0 Å². The monoisotopic (exact) mass is 338 g/mol. The average molecular weight is 338 g/mol. The lowest BCUT2D eigenvalue weighted by atomic mass is 10.1. The normalized spacial score (nSPS) is 15.2. The molecule has 25 heavy (non-hydrogen) atoms. The Bertz CT molecular complexity index is 707. The molecular weight excluding hydrogens is 312 g/mol. The second kappa shape index (κ2) is 8.17. The van der Waals surface area contributed by atoms with Crippen molar-refractivity contribution in [1.82, 2.24) is 9.80 Å². The second-order valence-electron chi connectivity index (χ2n) is 6.62. The van der Waals surface area contributed by atoms with Crippen molar-refractivity contribution >= 4 is 5.91 Å². The number of ether oxygens (including phenoxy) is 1. The number of piperazine rings is 1. The molecule has 1 aliphatic rings. The standard InChI is InChI=1S/C21H26N2O2/c1-17-14-19(8-9-20(17)25-2)16-22-10-12-23(13-11-22)21(24)15-18-6-4-3-5-7-18/h3-9,14H,10-13,15-16H2,1-2H3. The fraction of sp³-hybridized carbons (Fsp3) is 0.381. The number of amides is 1. The van der Waals surface area contributed by atoms with Crippen LogP contribution < -0.4 is 4.74 Å². The molecule has 1 amide bonds. The highest BCUT2D eigenvalue weighted by Crippen LogP contribution is 2.20. The quantitative estimate of drug-likeness (QED) is 0.840. The molecule has 1 aliphatic heterocycles. The maximum atomic E-state index is 12.4. The third-order valence-electron chi connectivity index (χ3n) is 4.79. The van der Waals surface area contributed by atoms with E-state index in [-0.39, 0.29) is 5.91 Å². The summed E-state index contributed by atoms with van der Waals surface area (Å²) in [4.78, 5) is 16.8. The summed E-state index contributed by atoms with van der Waals surface area (Å²) in [5.74, 6) is 1.16. The summed E-state index contributed by atoms with van der Waals surface area (Å²) in [6.07, 6.45) is 0.499. The second-order valence-corrected chi connectivity index (χ2v) is 6.62. The predicted octanol–water partition coefficient (Wildman–Crippen LogP) is 2.89. The molecule has 0 aromatic heterocycles. The molecule has 0 aliphatic carbocycles. The van der Waals surface area contributed by atoms with Crippen LogP contribution in [0.3, 0.4) is 0 Å². The van der Waals surface area contributed by atoms with Crippen molar-refractivity contribution in [3.63, 3.8) is 0 Å². The van der Waals surface area contributed by atoms with E-state index in [4.69, 9.17) is 4.74 Å². The van der Waals surface area contributed by atoms with Gasteiger partial charge in [-0.15, -0.1) is 0 Å². The maximum Gasteiger partial charge on any atom is 0.227 e. The van der Waals surface area contributed by atoms with E-state index < -0.39 is 0 Å². The molecule has 1 saturated heterocycles. The summed E-state index contributed by atoms with van der Waals surface area (Å²) in [6, 6.07) is 16.3. The van der Waals surface area contributed by atoms with Crippen LogP contribution in [0.1, 0.15) is 16.7 Å². The van der Waals surface area contributed by atoms with Gasteiger partial charge in [0.25, 0.3) is 0 Å². The van der Waals surface area contributed by atoms with E-state index >= 15 is 0 Å². The van der Waals surface area contributed by atoms with Gasteiger partial charge in [0.1, 0.15) is 5.75 Å². The van der Waals surface area contributed by atoms with E-state index in [0.29, 0.717) is 6.42 Å². The molecule has 0 atom stereocenters. The Morgan fingerprint density at radius 3 is 2.36 bits per heavy atom. The van der Waals surface area contributed by atoms with Crippen LogP contribution >= 0.6 is 0 Å². The zero-order chi connectivity index (χ0) is 17.6. The predicted molar refractivity (Wildman–Crippen MR) is 99.7 cm³/mol. The van der Waals surface area contributed by atoms with Gasteiger partial charge in [-0.05, 0) is 29.7 Å². The summed E-state index contributed by atoms with van der Waals surface area (Å²) in [5, 5.41) is 0. The number of carbonyl (C=O) groups excluding carboxylic acids is 1. The Labute approximate surface area is 150 Å². The van der Waals surface area contributed by atoms with Crippen LogP contribution in [0.5, 0.6) is 5.75 Å². The molecule has 0 bridgehead atoms. The smallest absolute Gasteiger partial charge is 0.227 e. The number of benzene rings is 2. The van der Waals surface area contributed by atoms with Gasteiger partial charge >= 0.3 is 0 Å². The van der Waals surface area contributed by atoms with Crippen LogP contribution in [0.15, 0.2) is 48.5 Å². The number of methoxy groups -OCH3 is 1. The summed E-state index contributed by atoms with van der Waals surface area (Å²) in [7, 11) is 1.70. The molecule has 4 heteroatoms. The van der Waals surface area contributed by atoms with Crippen LogP contribution in [-0.2, 0) is 17.8 Å². The van der Waals surface area contributed by atoms with E-state index in [2.05, 4.69) is 24.0 Å². The first-order chi connectivity index (χ1) is 12.2. The van der Waals surface area contributed by atoms with Gasteiger partial charge in [-0.3, -0.25) is 9.69 Å². The fourth-order valence-corrected chi connectivity index (χ4v) is 3.33. The highest BCUT2D eigenvalue weighted by Gasteiger charge is 2.21. The molecule has 4 nitrogen and oxygen atoms in total. The third kappa shape index (κ3) is 4.60. The van der Waals surface area contributed by atoms with Gasteiger partial charge in [-0.25, -0.2) is 0 Å². The minimum absolute atomic E-state index is 0.228. The molecular formula is C21H26N2O2. The largest absolute Gasteiger partial charge is 0.496 e. The van der Waals surface area contributed by atoms with Crippen LogP contribution in [0.4, 0.5) is 0 Å².